The molecule has 0 atom stereocenters. The molecule has 1 fully saturated rings. The Labute approximate surface area is 206 Å². The molecule has 1 aliphatic heterocycles. The van der Waals surface area contributed by atoms with Crippen LogP contribution in [0.5, 0.6) is 0 Å². The van der Waals surface area contributed by atoms with E-state index in [-0.39, 0.29) is 0 Å². The molecule has 0 radical (unpaired) electrons. The molecule has 35 heavy (non-hydrogen) atoms. The van der Waals surface area contributed by atoms with Gasteiger partial charge in [0.1, 0.15) is 5.60 Å². The number of nitrogens with one attached hydrogen (secondary N) is 1. The molecule has 184 valence electrons. The molecule has 3 aromatic rings. The molecule has 1 saturated heterocycles. The van der Waals surface area contributed by atoms with Crippen LogP contribution in [0.2, 0.25) is 0 Å². The summed E-state index contributed by atoms with van der Waals surface area (Å²) in [4.78, 5) is 25.2. The Balaban J connectivity index is 1.45. The Morgan fingerprint density at radius 3 is 2.34 bits per heavy atom. The number of piperazine rings is 1. The van der Waals surface area contributed by atoms with Crippen molar-refractivity contribution in [1.29, 1.82) is 0 Å². The van der Waals surface area contributed by atoms with Crippen molar-refractivity contribution >= 4 is 17.9 Å². The molecule has 0 aliphatic carbocycles. The van der Waals surface area contributed by atoms with E-state index < -0.39 is 11.7 Å². The Hall–Kier alpha value is -3.75. The van der Waals surface area contributed by atoms with E-state index in [1.54, 1.807) is 12.4 Å². The lowest BCUT2D eigenvalue weighted by molar-refractivity contribution is 0.0527. The first-order valence-electron chi connectivity index (χ1n) is 12.0. The summed E-state index contributed by atoms with van der Waals surface area (Å²) in [6.07, 6.45) is 4.68. The van der Waals surface area contributed by atoms with Crippen LogP contribution in [-0.2, 0) is 11.2 Å². The molecule has 0 bridgehead atoms. The molecule has 9 nitrogen and oxygen atoms in total. The zero-order valence-electron chi connectivity index (χ0n) is 20.6. The van der Waals surface area contributed by atoms with E-state index in [9.17, 15) is 4.79 Å². The van der Waals surface area contributed by atoms with Gasteiger partial charge in [-0.2, -0.15) is 0 Å². The predicted molar refractivity (Wildman–Crippen MR) is 136 cm³/mol. The fraction of sp³-hybridized carbons (Fsp3) is 0.423. The number of alkyl carbamates (subject to hydrolysis) is 1. The van der Waals surface area contributed by atoms with Crippen LogP contribution < -0.4 is 15.1 Å². The first-order chi connectivity index (χ1) is 16.9. The number of nitrogens with zero attached hydrogens (tertiary/aromatic N) is 6. The van der Waals surface area contributed by atoms with Crippen LogP contribution in [0.25, 0.3) is 11.3 Å². The number of hydrogen-bond donors (Lipinski definition) is 1. The number of benzene rings is 1. The van der Waals surface area contributed by atoms with Crippen molar-refractivity contribution in [3.05, 3.63) is 60.4 Å². The highest BCUT2D eigenvalue weighted by molar-refractivity contribution is 5.67. The van der Waals surface area contributed by atoms with E-state index in [0.717, 1.165) is 67.6 Å². The highest BCUT2D eigenvalue weighted by Crippen LogP contribution is 2.25. The van der Waals surface area contributed by atoms with Gasteiger partial charge in [0, 0.05) is 50.7 Å². The summed E-state index contributed by atoms with van der Waals surface area (Å²) in [5.74, 6) is 1.65. The molecule has 0 spiro atoms. The van der Waals surface area contributed by atoms with Gasteiger partial charge in [0.2, 0.25) is 5.95 Å². The van der Waals surface area contributed by atoms with Crippen LogP contribution in [0.15, 0.2) is 54.9 Å². The molecule has 9 heteroatoms. The number of rotatable bonds is 7. The van der Waals surface area contributed by atoms with E-state index in [1.165, 1.54) is 0 Å². The zero-order valence-corrected chi connectivity index (χ0v) is 20.6. The van der Waals surface area contributed by atoms with Gasteiger partial charge in [0.15, 0.2) is 5.82 Å². The Morgan fingerprint density at radius 1 is 0.971 bits per heavy atom. The second-order valence-corrected chi connectivity index (χ2v) is 9.50. The minimum absolute atomic E-state index is 0.394. The van der Waals surface area contributed by atoms with E-state index in [1.807, 2.05) is 57.2 Å². The molecular weight excluding hydrogens is 442 g/mol. The van der Waals surface area contributed by atoms with Gasteiger partial charge in [-0.25, -0.2) is 14.8 Å². The second kappa shape index (κ2) is 11.1. The number of carbonyl (C=O) groups excluding carboxylic acids is 1. The van der Waals surface area contributed by atoms with Crippen molar-refractivity contribution in [2.24, 2.45) is 0 Å². The van der Waals surface area contributed by atoms with Crippen molar-refractivity contribution in [2.45, 2.75) is 39.2 Å². The highest BCUT2D eigenvalue weighted by Gasteiger charge is 2.23. The summed E-state index contributed by atoms with van der Waals surface area (Å²) >= 11 is 0. The number of aromatic nitrogens is 4. The molecular formula is C26H33N7O2. The smallest absolute Gasteiger partial charge is 0.407 e. The van der Waals surface area contributed by atoms with Gasteiger partial charge in [0.05, 0.1) is 5.69 Å². The van der Waals surface area contributed by atoms with Crippen LogP contribution in [-0.4, -0.2) is 64.6 Å². The Kier molecular flexibility index (Phi) is 7.74. The molecule has 4 rings (SSSR count). The minimum atomic E-state index is -0.510. The lowest BCUT2D eigenvalue weighted by Gasteiger charge is -2.36. The van der Waals surface area contributed by atoms with Crippen molar-refractivity contribution in [3.8, 4) is 11.3 Å². The third-order valence-corrected chi connectivity index (χ3v) is 5.63. The third-order valence-electron chi connectivity index (χ3n) is 5.63. The molecule has 0 unspecified atom stereocenters. The summed E-state index contributed by atoms with van der Waals surface area (Å²) in [6, 6.07) is 14.0. The highest BCUT2D eigenvalue weighted by atomic mass is 16.6. The Morgan fingerprint density at radius 2 is 1.66 bits per heavy atom. The summed E-state index contributed by atoms with van der Waals surface area (Å²) in [5, 5.41) is 12.0. The van der Waals surface area contributed by atoms with E-state index in [2.05, 4.69) is 41.3 Å². The fourth-order valence-electron chi connectivity index (χ4n) is 3.98. The first-order valence-corrected chi connectivity index (χ1v) is 12.0. The van der Waals surface area contributed by atoms with Crippen LogP contribution in [0.1, 0.15) is 32.8 Å². The maximum atomic E-state index is 12.0. The second-order valence-electron chi connectivity index (χ2n) is 9.50. The maximum Gasteiger partial charge on any atom is 0.407 e. The summed E-state index contributed by atoms with van der Waals surface area (Å²) in [7, 11) is 0. The average Bonchev–Trinajstić information content (AvgIpc) is 2.87. The molecule has 1 aromatic carbocycles. The van der Waals surface area contributed by atoms with Gasteiger partial charge >= 0.3 is 6.09 Å². The zero-order chi connectivity index (χ0) is 24.7. The molecule has 1 N–H and O–H groups in total. The number of hydrogen-bond acceptors (Lipinski definition) is 8. The van der Waals surface area contributed by atoms with Gasteiger partial charge in [-0.3, -0.25) is 0 Å². The standard InChI is InChI=1S/C26H33N7O2/c1-26(2,3)35-25(34)29-12-7-11-21-19-22(20-9-5-4-6-10-20)30-31-23(21)32-15-17-33(18-16-32)24-27-13-8-14-28-24/h4-6,8-10,13-14,19H,7,11-12,15-18H2,1-3H3,(H,29,34). The number of anilines is 2. The number of carbonyl (C=O) groups is 1. The lowest BCUT2D eigenvalue weighted by atomic mass is 10.1. The minimum Gasteiger partial charge on any atom is -0.444 e. The third kappa shape index (κ3) is 6.88. The lowest BCUT2D eigenvalue weighted by Crippen LogP contribution is -2.47. The van der Waals surface area contributed by atoms with Crippen LogP contribution >= 0.6 is 0 Å². The molecule has 2 aromatic heterocycles. The van der Waals surface area contributed by atoms with E-state index in [4.69, 9.17) is 4.74 Å². The number of ether oxygens (including phenoxy) is 1. The van der Waals surface area contributed by atoms with Gasteiger partial charge < -0.3 is 19.9 Å². The van der Waals surface area contributed by atoms with Crippen molar-refractivity contribution in [2.75, 3.05) is 42.5 Å². The monoisotopic (exact) mass is 475 g/mol. The van der Waals surface area contributed by atoms with Gasteiger partial charge in [0.25, 0.3) is 0 Å². The summed E-state index contributed by atoms with van der Waals surface area (Å²) in [5.41, 5.74) is 2.49. The number of amides is 1. The van der Waals surface area contributed by atoms with Crippen molar-refractivity contribution in [3.63, 3.8) is 0 Å². The van der Waals surface area contributed by atoms with E-state index >= 15 is 0 Å². The summed E-state index contributed by atoms with van der Waals surface area (Å²) in [6.45, 7) is 9.33. The fourth-order valence-corrected chi connectivity index (χ4v) is 3.98. The number of aryl methyl sites for hydroxylation is 1. The van der Waals surface area contributed by atoms with Crippen molar-refractivity contribution in [1.82, 2.24) is 25.5 Å². The van der Waals surface area contributed by atoms with Gasteiger partial charge in [-0.15, -0.1) is 10.2 Å². The largest absolute Gasteiger partial charge is 0.444 e. The normalized spacial score (nSPS) is 14.0. The summed E-state index contributed by atoms with van der Waals surface area (Å²) < 4.78 is 5.34. The van der Waals surface area contributed by atoms with Gasteiger partial charge in [-0.1, -0.05) is 30.3 Å². The van der Waals surface area contributed by atoms with Crippen LogP contribution in [0.4, 0.5) is 16.6 Å². The topological polar surface area (TPSA) is 96.4 Å². The first kappa shape index (κ1) is 24.4. The molecule has 1 aliphatic rings. The van der Waals surface area contributed by atoms with Crippen molar-refractivity contribution < 1.29 is 9.53 Å². The van der Waals surface area contributed by atoms with Crippen LogP contribution in [0, 0.1) is 0 Å². The molecule has 1 amide bonds. The van der Waals surface area contributed by atoms with E-state index in [0.29, 0.717) is 6.54 Å². The van der Waals surface area contributed by atoms with Crippen LogP contribution in [0.3, 0.4) is 0 Å². The molecule has 3 heterocycles. The Bertz CT molecular complexity index is 1100. The SMILES string of the molecule is CC(C)(C)OC(=O)NCCCc1cc(-c2ccccc2)nnc1N1CCN(c2ncccn2)CC1. The maximum absolute atomic E-state index is 12.0. The predicted octanol–water partition coefficient (Wildman–Crippen LogP) is 3.72. The van der Waals surface area contributed by atoms with Gasteiger partial charge in [-0.05, 0) is 51.3 Å². The average molecular weight is 476 g/mol. The molecule has 0 saturated carbocycles. The quantitative estimate of drug-likeness (QED) is 0.517.